The fourth-order valence-corrected chi connectivity index (χ4v) is 3.19. The van der Waals surface area contributed by atoms with Crippen LogP contribution in [0, 0.1) is 5.92 Å². The van der Waals surface area contributed by atoms with Crippen molar-refractivity contribution in [1.82, 2.24) is 5.32 Å². The van der Waals surface area contributed by atoms with Crippen molar-refractivity contribution in [2.45, 2.75) is 19.8 Å². The van der Waals surface area contributed by atoms with Crippen LogP contribution in [0.15, 0.2) is 15.9 Å². The predicted octanol–water partition coefficient (Wildman–Crippen LogP) is 2.48. The topological polar surface area (TPSA) is 55.1 Å². The lowest BCUT2D eigenvalue weighted by Gasteiger charge is -2.12. The molecule has 1 heterocycles. The van der Waals surface area contributed by atoms with E-state index in [1.165, 1.54) is 4.88 Å². The minimum atomic E-state index is -0.347. The van der Waals surface area contributed by atoms with Crippen molar-refractivity contribution in [2.24, 2.45) is 11.7 Å². The average molecular weight is 335 g/mol. The van der Waals surface area contributed by atoms with E-state index in [-0.39, 0.29) is 16.8 Å². The van der Waals surface area contributed by atoms with Gasteiger partial charge in [-0.25, -0.2) is 0 Å². The Labute approximate surface area is 119 Å². The lowest BCUT2D eigenvalue weighted by atomic mass is 10.1. The Kier molecular flexibility index (Phi) is 6.08. The van der Waals surface area contributed by atoms with Crippen molar-refractivity contribution >= 4 is 50.4 Å². The summed E-state index contributed by atoms with van der Waals surface area (Å²) in [6.45, 7) is 2.52. The first-order chi connectivity index (χ1) is 8.04. The number of hydrogen-bond acceptors (Lipinski definition) is 3. The molecular formula is C11H15BrN2OS2. The molecule has 0 aliphatic carbocycles. The normalized spacial score (nSPS) is 12.1. The summed E-state index contributed by atoms with van der Waals surface area (Å²) in [4.78, 5) is 13.2. The summed E-state index contributed by atoms with van der Waals surface area (Å²) in [5.74, 6) is -0.421. The van der Waals surface area contributed by atoms with Crippen molar-refractivity contribution in [3.05, 3.63) is 20.8 Å². The van der Waals surface area contributed by atoms with Crippen LogP contribution < -0.4 is 11.1 Å². The van der Waals surface area contributed by atoms with Crippen LogP contribution in [-0.2, 0) is 11.2 Å². The molecule has 0 radical (unpaired) electrons. The summed E-state index contributed by atoms with van der Waals surface area (Å²) in [6, 6.07) is 4.05. The van der Waals surface area contributed by atoms with Gasteiger partial charge in [0.25, 0.3) is 0 Å². The summed E-state index contributed by atoms with van der Waals surface area (Å²) >= 11 is 9.93. The largest absolute Gasteiger partial charge is 0.393 e. The number of nitrogens with one attached hydrogen (secondary N) is 1. The molecule has 17 heavy (non-hydrogen) atoms. The molecule has 1 aromatic heterocycles. The van der Waals surface area contributed by atoms with Crippen LogP contribution >= 0.6 is 39.5 Å². The Morgan fingerprint density at radius 3 is 2.82 bits per heavy atom. The van der Waals surface area contributed by atoms with Crippen LogP contribution in [0.2, 0.25) is 0 Å². The first kappa shape index (κ1) is 14.6. The van der Waals surface area contributed by atoms with E-state index >= 15 is 0 Å². The Balaban J connectivity index is 2.35. The summed E-state index contributed by atoms with van der Waals surface area (Å²) in [5, 5.41) is 2.86. The Bertz CT molecular complexity index is 406. The van der Waals surface area contributed by atoms with Gasteiger partial charge in [0.15, 0.2) is 0 Å². The summed E-state index contributed by atoms with van der Waals surface area (Å²) < 4.78 is 1.10. The molecule has 1 atom stereocenters. The molecule has 6 heteroatoms. The van der Waals surface area contributed by atoms with E-state index in [0.717, 1.165) is 10.2 Å². The number of carbonyl (C=O) groups excluding carboxylic acids is 1. The third-order valence-corrected chi connectivity index (χ3v) is 4.34. The van der Waals surface area contributed by atoms with Gasteiger partial charge in [0.05, 0.1) is 14.7 Å². The van der Waals surface area contributed by atoms with Gasteiger partial charge in [0, 0.05) is 11.4 Å². The van der Waals surface area contributed by atoms with Crippen LogP contribution in [0.25, 0.3) is 0 Å². The second-order valence-electron chi connectivity index (χ2n) is 3.61. The maximum Gasteiger partial charge on any atom is 0.229 e. The van der Waals surface area contributed by atoms with Crippen LogP contribution in [-0.4, -0.2) is 17.4 Å². The van der Waals surface area contributed by atoms with Gasteiger partial charge < -0.3 is 11.1 Å². The number of amides is 1. The number of hydrogen-bond donors (Lipinski definition) is 2. The molecule has 0 aromatic carbocycles. The molecule has 0 fully saturated rings. The fourth-order valence-electron chi connectivity index (χ4n) is 1.43. The monoisotopic (exact) mass is 334 g/mol. The molecule has 94 valence electrons. The molecular weight excluding hydrogens is 320 g/mol. The third kappa shape index (κ3) is 4.73. The molecule has 0 aliphatic heterocycles. The number of nitrogens with two attached hydrogens (primary N) is 1. The number of halogens is 1. The van der Waals surface area contributed by atoms with E-state index in [9.17, 15) is 4.79 Å². The van der Waals surface area contributed by atoms with Crippen molar-refractivity contribution < 1.29 is 4.79 Å². The van der Waals surface area contributed by atoms with E-state index in [4.69, 9.17) is 18.0 Å². The highest BCUT2D eigenvalue weighted by molar-refractivity contribution is 9.11. The summed E-state index contributed by atoms with van der Waals surface area (Å²) in [7, 11) is 0. The molecule has 1 unspecified atom stereocenters. The first-order valence-electron chi connectivity index (χ1n) is 5.35. The molecule has 1 aromatic rings. The van der Waals surface area contributed by atoms with Gasteiger partial charge in [-0.2, -0.15) is 0 Å². The Morgan fingerprint density at radius 1 is 1.65 bits per heavy atom. The average Bonchev–Trinajstić information content (AvgIpc) is 2.64. The SMILES string of the molecule is CCC(C(=O)NCCc1ccc(Br)s1)C(N)=S. The van der Waals surface area contributed by atoms with Crippen molar-refractivity contribution in [3.63, 3.8) is 0 Å². The molecule has 3 N–H and O–H groups in total. The van der Waals surface area contributed by atoms with E-state index in [0.29, 0.717) is 13.0 Å². The molecule has 0 saturated heterocycles. The van der Waals surface area contributed by atoms with Crippen molar-refractivity contribution in [1.29, 1.82) is 0 Å². The Hall–Kier alpha value is -0.460. The third-order valence-electron chi connectivity index (χ3n) is 2.37. The molecule has 1 amide bonds. The van der Waals surface area contributed by atoms with E-state index in [1.54, 1.807) is 11.3 Å². The van der Waals surface area contributed by atoms with Crippen molar-refractivity contribution in [3.8, 4) is 0 Å². The first-order valence-corrected chi connectivity index (χ1v) is 7.37. The zero-order chi connectivity index (χ0) is 12.8. The van der Waals surface area contributed by atoms with Crippen LogP contribution in [0.4, 0.5) is 0 Å². The number of rotatable bonds is 6. The van der Waals surface area contributed by atoms with E-state index in [1.807, 2.05) is 19.1 Å². The molecule has 0 spiro atoms. The number of thiophene rings is 1. The molecule has 1 rings (SSSR count). The lowest BCUT2D eigenvalue weighted by molar-refractivity contribution is -0.123. The van der Waals surface area contributed by atoms with E-state index < -0.39 is 0 Å². The van der Waals surface area contributed by atoms with Gasteiger partial charge in [0.1, 0.15) is 0 Å². The van der Waals surface area contributed by atoms with Gasteiger partial charge in [0.2, 0.25) is 5.91 Å². The maximum atomic E-state index is 11.7. The van der Waals surface area contributed by atoms with Crippen molar-refractivity contribution in [2.75, 3.05) is 6.54 Å². The fraction of sp³-hybridized carbons (Fsp3) is 0.455. The minimum Gasteiger partial charge on any atom is -0.393 e. The van der Waals surface area contributed by atoms with Gasteiger partial charge in [-0.15, -0.1) is 11.3 Å². The predicted molar refractivity (Wildman–Crippen MR) is 79.3 cm³/mol. The second-order valence-corrected chi connectivity index (χ2v) is 6.63. The zero-order valence-electron chi connectivity index (χ0n) is 9.53. The highest BCUT2D eigenvalue weighted by Crippen LogP contribution is 2.22. The zero-order valence-corrected chi connectivity index (χ0v) is 12.8. The smallest absolute Gasteiger partial charge is 0.229 e. The molecule has 0 saturated carbocycles. The quantitative estimate of drug-likeness (QED) is 0.786. The van der Waals surface area contributed by atoms with Gasteiger partial charge in [-0.05, 0) is 40.9 Å². The number of carbonyl (C=O) groups is 1. The summed E-state index contributed by atoms with van der Waals surface area (Å²) in [5.41, 5.74) is 5.50. The van der Waals surface area contributed by atoms with Crippen LogP contribution in [0.5, 0.6) is 0 Å². The minimum absolute atomic E-state index is 0.0735. The van der Waals surface area contributed by atoms with Crippen LogP contribution in [0.3, 0.4) is 0 Å². The summed E-state index contributed by atoms with van der Waals surface area (Å²) in [6.07, 6.45) is 1.47. The van der Waals surface area contributed by atoms with Crippen LogP contribution in [0.1, 0.15) is 18.2 Å². The van der Waals surface area contributed by atoms with Gasteiger partial charge in [-0.1, -0.05) is 19.1 Å². The lowest BCUT2D eigenvalue weighted by Crippen LogP contribution is -2.38. The maximum absolute atomic E-state index is 11.7. The highest BCUT2D eigenvalue weighted by Gasteiger charge is 2.18. The molecule has 0 aliphatic rings. The van der Waals surface area contributed by atoms with Gasteiger partial charge in [-0.3, -0.25) is 4.79 Å². The molecule has 0 bridgehead atoms. The van der Waals surface area contributed by atoms with E-state index in [2.05, 4.69) is 21.2 Å². The standard InChI is InChI=1S/C11H15BrN2OS2/c1-2-8(10(13)16)11(15)14-6-5-7-3-4-9(12)17-7/h3-4,8H,2,5-6H2,1H3,(H2,13,16)(H,14,15). The number of thiocarbonyl (C=S) groups is 1. The highest BCUT2D eigenvalue weighted by atomic mass is 79.9. The van der Waals surface area contributed by atoms with Gasteiger partial charge >= 0.3 is 0 Å². The Morgan fingerprint density at radius 2 is 2.35 bits per heavy atom. The molecule has 3 nitrogen and oxygen atoms in total. The second kappa shape index (κ2) is 7.08.